The summed E-state index contributed by atoms with van der Waals surface area (Å²) in [6.07, 6.45) is 1.21. The molecule has 2 aliphatic rings. The number of allylic oxidation sites excluding steroid dienone is 1. The van der Waals surface area contributed by atoms with Gasteiger partial charge in [-0.25, -0.2) is 0 Å². The Morgan fingerprint density at radius 3 is 2.22 bits per heavy atom. The van der Waals surface area contributed by atoms with Gasteiger partial charge in [0.05, 0.1) is 24.5 Å². The first kappa shape index (κ1) is 22.9. The van der Waals surface area contributed by atoms with Crippen LogP contribution in [0.3, 0.4) is 0 Å². The SMILES string of the molecule is COc1ccc([C@H]2CC(=O)C3=C(C2)Nc2ccccc2N[C@@H]3c2cccc(Oc3ccccc3)c2)cc1. The first-order valence-corrected chi connectivity index (χ1v) is 12.5. The highest BCUT2D eigenvalue weighted by atomic mass is 16.5. The molecule has 2 atom stereocenters. The standard InChI is InChI=1S/C32H28N2O3/c1-36-24-16-14-21(15-17-24)23-19-29-31(30(35)20-23)32(34-28-13-6-5-12-27(28)33-29)22-8-7-11-26(18-22)37-25-9-3-2-4-10-25/h2-18,23,32-34H,19-20H2,1H3/t23-,32-/m1/s1. The molecule has 0 amide bonds. The highest BCUT2D eigenvalue weighted by molar-refractivity contribution is 6.01. The van der Waals surface area contributed by atoms with Gasteiger partial charge in [-0.3, -0.25) is 4.79 Å². The molecule has 0 aromatic heterocycles. The highest BCUT2D eigenvalue weighted by Gasteiger charge is 2.36. The van der Waals surface area contributed by atoms with E-state index in [0.717, 1.165) is 57.4 Å². The van der Waals surface area contributed by atoms with Crippen LogP contribution in [0.15, 0.2) is 114 Å². The van der Waals surface area contributed by atoms with E-state index in [9.17, 15) is 4.79 Å². The maximum Gasteiger partial charge on any atom is 0.163 e. The Balaban J connectivity index is 1.38. The number of Topliss-reactive ketones (excluding diaryl/α,β-unsaturated/α-hetero) is 1. The van der Waals surface area contributed by atoms with Gasteiger partial charge in [0.1, 0.15) is 17.2 Å². The molecule has 0 saturated carbocycles. The summed E-state index contributed by atoms with van der Waals surface area (Å²) in [7, 11) is 1.66. The van der Waals surface area contributed by atoms with Gasteiger partial charge in [0.15, 0.2) is 5.78 Å². The van der Waals surface area contributed by atoms with Crippen LogP contribution in [0.25, 0.3) is 0 Å². The molecule has 5 heteroatoms. The zero-order valence-electron chi connectivity index (χ0n) is 20.6. The second kappa shape index (κ2) is 9.86. The van der Waals surface area contributed by atoms with E-state index in [4.69, 9.17) is 9.47 Å². The number of hydrogen-bond donors (Lipinski definition) is 2. The molecule has 0 unspecified atom stereocenters. The van der Waals surface area contributed by atoms with Gasteiger partial charge in [0.25, 0.3) is 0 Å². The summed E-state index contributed by atoms with van der Waals surface area (Å²) < 4.78 is 11.4. The van der Waals surface area contributed by atoms with Crippen LogP contribution in [0.5, 0.6) is 17.2 Å². The Hall–Kier alpha value is -4.51. The lowest BCUT2D eigenvalue weighted by Crippen LogP contribution is -2.26. The maximum absolute atomic E-state index is 13.8. The first-order chi connectivity index (χ1) is 18.2. The Morgan fingerprint density at radius 2 is 1.43 bits per heavy atom. The molecule has 2 N–H and O–H groups in total. The fraction of sp³-hybridized carbons (Fsp3) is 0.156. The fourth-order valence-electron chi connectivity index (χ4n) is 5.24. The minimum atomic E-state index is -0.296. The molecule has 0 bridgehead atoms. The topological polar surface area (TPSA) is 59.6 Å². The van der Waals surface area contributed by atoms with E-state index in [-0.39, 0.29) is 17.7 Å². The van der Waals surface area contributed by atoms with Crippen molar-refractivity contribution in [2.45, 2.75) is 24.8 Å². The number of anilines is 2. The van der Waals surface area contributed by atoms with E-state index >= 15 is 0 Å². The van der Waals surface area contributed by atoms with Crippen LogP contribution < -0.4 is 20.1 Å². The Kier molecular flexibility index (Phi) is 6.11. The number of nitrogens with one attached hydrogen (secondary N) is 2. The van der Waals surface area contributed by atoms with Crippen LogP contribution in [0.4, 0.5) is 11.4 Å². The van der Waals surface area contributed by atoms with Gasteiger partial charge in [0.2, 0.25) is 0 Å². The minimum absolute atomic E-state index is 0.100. The molecule has 37 heavy (non-hydrogen) atoms. The molecule has 0 saturated heterocycles. The summed E-state index contributed by atoms with van der Waals surface area (Å²) in [6.45, 7) is 0. The van der Waals surface area contributed by atoms with Crippen LogP contribution in [0.1, 0.15) is 35.9 Å². The van der Waals surface area contributed by atoms with Gasteiger partial charge >= 0.3 is 0 Å². The summed E-state index contributed by atoms with van der Waals surface area (Å²) in [5.41, 5.74) is 5.81. The van der Waals surface area contributed by atoms with Crippen molar-refractivity contribution >= 4 is 17.2 Å². The fourth-order valence-corrected chi connectivity index (χ4v) is 5.24. The lowest BCUT2D eigenvalue weighted by molar-refractivity contribution is -0.116. The van der Waals surface area contributed by atoms with Crippen molar-refractivity contribution in [3.8, 4) is 17.2 Å². The number of benzene rings is 4. The number of ketones is 1. The Labute approximate surface area is 216 Å². The summed E-state index contributed by atoms with van der Waals surface area (Å²) in [4.78, 5) is 13.8. The lowest BCUT2D eigenvalue weighted by atomic mass is 9.78. The molecule has 5 nitrogen and oxygen atoms in total. The molecule has 4 aromatic carbocycles. The molecular formula is C32H28N2O3. The summed E-state index contributed by atoms with van der Waals surface area (Å²) >= 11 is 0. The second-order valence-electron chi connectivity index (χ2n) is 9.43. The van der Waals surface area contributed by atoms with Gasteiger partial charge in [-0.2, -0.15) is 0 Å². The van der Waals surface area contributed by atoms with E-state index in [1.807, 2.05) is 84.9 Å². The van der Waals surface area contributed by atoms with Crippen LogP contribution >= 0.6 is 0 Å². The summed E-state index contributed by atoms with van der Waals surface area (Å²) in [5.74, 6) is 2.57. The quantitative estimate of drug-likeness (QED) is 0.305. The molecule has 1 heterocycles. The number of ether oxygens (including phenoxy) is 2. The molecule has 0 spiro atoms. The molecule has 6 rings (SSSR count). The van der Waals surface area contributed by atoms with Crippen LogP contribution in [-0.2, 0) is 4.79 Å². The summed E-state index contributed by atoms with van der Waals surface area (Å²) in [5, 5.41) is 7.26. The summed E-state index contributed by atoms with van der Waals surface area (Å²) in [6, 6.07) is 33.6. The van der Waals surface area contributed by atoms with E-state index in [1.54, 1.807) is 7.11 Å². The predicted molar refractivity (Wildman–Crippen MR) is 146 cm³/mol. The zero-order chi connectivity index (χ0) is 25.2. The van der Waals surface area contributed by atoms with Crippen molar-refractivity contribution in [2.24, 2.45) is 0 Å². The van der Waals surface area contributed by atoms with Crippen molar-refractivity contribution in [1.82, 2.24) is 0 Å². The van der Waals surface area contributed by atoms with Gasteiger partial charge in [0, 0.05) is 17.7 Å². The molecular weight excluding hydrogens is 460 g/mol. The molecule has 4 aromatic rings. The monoisotopic (exact) mass is 488 g/mol. The minimum Gasteiger partial charge on any atom is -0.497 e. The average Bonchev–Trinajstić information content (AvgIpc) is 3.11. The van der Waals surface area contributed by atoms with Gasteiger partial charge in [-0.1, -0.05) is 54.6 Å². The third-order valence-electron chi connectivity index (χ3n) is 7.07. The molecule has 1 aliphatic carbocycles. The van der Waals surface area contributed by atoms with E-state index in [1.165, 1.54) is 0 Å². The number of hydrogen-bond acceptors (Lipinski definition) is 5. The second-order valence-corrected chi connectivity index (χ2v) is 9.43. The van der Waals surface area contributed by atoms with Crippen LogP contribution in [0.2, 0.25) is 0 Å². The van der Waals surface area contributed by atoms with Crippen LogP contribution in [-0.4, -0.2) is 12.9 Å². The Bertz CT molecular complexity index is 1460. The van der Waals surface area contributed by atoms with Crippen LogP contribution in [0, 0.1) is 0 Å². The molecule has 1 aliphatic heterocycles. The zero-order valence-corrected chi connectivity index (χ0v) is 20.6. The largest absolute Gasteiger partial charge is 0.497 e. The molecule has 184 valence electrons. The van der Waals surface area contributed by atoms with Crippen molar-refractivity contribution in [3.05, 3.63) is 126 Å². The number of para-hydroxylation sites is 3. The van der Waals surface area contributed by atoms with Crippen molar-refractivity contribution in [1.29, 1.82) is 0 Å². The smallest absolute Gasteiger partial charge is 0.163 e. The van der Waals surface area contributed by atoms with Gasteiger partial charge < -0.3 is 20.1 Å². The third-order valence-corrected chi connectivity index (χ3v) is 7.07. The van der Waals surface area contributed by atoms with Crippen molar-refractivity contribution in [2.75, 3.05) is 17.7 Å². The Morgan fingerprint density at radius 1 is 0.703 bits per heavy atom. The highest BCUT2D eigenvalue weighted by Crippen LogP contribution is 2.44. The van der Waals surface area contributed by atoms with E-state index in [2.05, 4.69) is 28.8 Å². The van der Waals surface area contributed by atoms with Gasteiger partial charge in [-0.15, -0.1) is 0 Å². The first-order valence-electron chi connectivity index (χ1n) is 12.5. The number of methoxy groups -OCH3 is 1. The normalized spacial score (nSPS) is 18.6. The molecule has 0 fully saturated rings. The van der Waals surface area contributed by atoms with E-state index in [0.29, 0.717) is 6.42 Å². The van der Waals surface area contributed by atoms with E-state index < -0.39 is 0 Å². The average molecular weight is 489 g/mol. The number of fused-ring (bicyclic) bond motifs is 1. The van der Waals surface area contributed by atoms with Crippen molar-refractivity contribution in [3.63, 3.8) is 0 Å². The number of carbonyl (C=O) groups is 1. The predicted octanol–water partition coefficient (Wildman–Crippen LogP) is 7.47. The third kappa shape index (κ3) is 4.68. The number of rotatable bonds is 5. The molecule has 0 radical (unpaired) electrons. The van der Waals surface area contributed by atoms with Gasteiger partial charge in [-0.05, 0) is 72.0 Å². The number of carbonyl (C=O) groups excluding carboxylic acids is 1. The maximum atomic E-state index is 13.8. The lowest BCUT2D eigenvalue weighted by Gasteiger charge is -2.30. The van der Waals surface area contributed by atoms with Crippen molar-refractivity contribution < 1.29 is 14.3 Å².